The number of rotatable bonds is 6. The Morgan fingerprint density at radius 3 is 2.50 bits per heavy atom. The van der Waals surface area contributed by atoms with Gasteiger partial charge in [-0.2, -0.15) is 0 Å². The Kier molecular flexibility index (Phi) is 5.77. The van der Waals surface area contributed by atoms with Gasteiger partial charge >= 0.3 is 0 Å². The molecule has 0 amide bonds. The standard InChI is InChI=1S/C16H30N2OSi/c1-8-14-9-15(11-17-10-14)18-13(2)12-19-20(6,7)16(3,4)5/h9-11,13,18H,8,12H2,1-7H3. The second-order valence-electron chi connectivity index (χ2n) is 7.05. The number of nitrogens with zero attached hydrogens (tertiary/aromatic N) is 1. The van der Waals surface area contributed by atoms with Gasteiger partial charge in [-0.3, -0.25) is 4.98 Å². The lowest BCUT2D eigenvalue weighted by molar-refractivity contribution is 0.276. The van der Waals surface area contributed by atoms with Gasteiger partial charge in [-0.05, 0) is 43.1 Å². The van der Waals surface area contributed by atoms with Crippen molar-refractivity contribution in [2.24, 2.45) is 0 Å². The fraction of sp³-hybridized carbons (Fsp3) is 0.688. The Hall–Kier alpha value is -0.873. The molecule has 0 fully saturated rings. The molecule has 0 spiro atoms. The zero-order valence-electron chi connectivity index (χ0n) is 14.1. The van der Waals surface area contributed by atoms with Crippen LogP contribution in [0.4, 0.5) is 5.69 Å². The lowest BCUT2D eigenvalue weighted by atomic mass is 10.2. The maximum atomic E-state index is 6.24. The van der Waals surface area contributed by atoms with E-state index < -0.39 is 8.32 Å². The van der Waals surface area contributed by atoms with Crippen molar-refractivity contribution in [1.82, 2.24) is 4.98 Å². The summed E-state index contributed by atoms with van der Waals surface area (Å²) in [6, 6.07) is 2.45. The first-order chi connectivity index (χ1) is 9.15. The van der Waals surface area contributed by atoms with Crippen molar-refractivity contribution in [3.8, 4) is 0 Å². The molecule has 0 aliphatic heterocycles. The van der Waals surface area contributed by atoms with Crippen molar-refractivity contribution in [1.29, 1.82) is 0 Å². The molecule has 1 N–H and O–H groups in total. The number of hydrogen-bond donors (Lipinski definition) is 1. The molecule has 0 aromatic carbocycles. The molecule has 3 nitrogen and oxygen atoms in total. The summed E-state index contributed by atoms with van der Waals surface area (Å²) in [5.74, 6) is 0. The summed E-state index contributed by atoms with van der Waals surface area (Å²) in [6.07, 6.45) is 4.81. The van der Waals surface area contributed by atoms with Gasteiger partial charge in [0, 0.05) is 18.4 Å². The van der Waals surface area contributed by atoms with Crippen LogP contribution < -0.4 is 5.32 Å². The first-order valence-electron chi connectivity index (χ1n) is 7.50. The van der Waals surface area contributed by atoms with E-state index in [4.69, 9.17) is 4.43 Å². The second-order valence-corrected chi connectivity index (χ2v) is 11.9. The molecule has 0 aliphatic carbocycles. The van der Waals surface area contributed by atoms with E-state index in [-0.39, 0.29) is 11.1 Å². The molecule has 4 heteroatoms. The molecular weight excluding hydrogens is 264 g/mol. The van der Waals surface area contributed by atoms with Crippen molar-refractivity contribution < 1.29 is 4.43 Å². The van der Waals surface area contributed by atoms with Crippen LogP contribution >= 0.6 is 0 Å². The minimum Gasteiger partial charge on any atom is -0.415 e. The molecule has 0 radical (unpaired) electrons. The molecule has 1 aromatic rings. The molecular formula is C16H30N2OSi. The lowest BCUT2D eigenvalue weighted by Crippen LogP contribution is -2.43. The van der Waals surface area contributed by atoms with Gasteiger partial charge in [0.15, 0.2) is 8.32 Å². The average Bonchev–Trinajstić information content (AvgIpc) is 2.35. The third-order valence-corrected chi connectivity index (χ3v) is 8.62. The minimum atomic E-state index is -1.66. The number of aromatic nitrogens is 1. The van der Waals surface area contributed by atoms with Crippen LogP contribution in [-0.4, -0.2) is 26.0 Å². The molecule has 1 atom stereocenters. The van der Waals surface area contributed by atoms with Crippen LogP contribution in [0.2, 0.25) is 18.1 Å². The lowest BCUT2D eigenvalue weighted by Gasteiger charge is -2.37. The number of anilines is 1. The normalized spacial score (nSPS) is 14.2. The zero-order chi connectivity index (χ0) is 15.4. The predicted molar refractivity (Wildman–Crippen MR) is 89.8 cm³/mol. The third-order valence-electron chi connectivity index (χ3n) is 4.12. The van der Waals surface area contributed by atoms with E-state index >= 15 is 0 Å². The predicted octanol–water partition coefficient (Wildman–Crippen LogP) is 4.47. The van der Waals surface area contributed by atoms with Gasteiger partial charge in [0.25, 0.3) is 0 Å². The van der Waals surface area contributed by atoms with E-state index in [1.54, 1.807) is 0 Å². The molecule has 1 unspecified atom stereocenters. The summed E-state index contributed by atoms with van der Waals surface area (Å²) in [5, 5.41) is 3.74. The first-order valence-corrected chi connectivity index (χ1v) is 10.4. The zero-order valence-corrected chi connectivity index (χ0v) is 15.1. The maximum absolute atomic E-state index is 6.24. The van der Waals surface area contributed by atoms with Crippen molar-refractivity contribution >= 4 is 14.0 Å². The number of aryl methyl sites for hydroxylation is 1. The SMILES string of the molecule is CCc1cncc(NC(C)CO[Si](C)(C)C(C)(C)C)c1. The van der Waals surface area contributed by atoms with Crippen molar-refractivity contribution in [2.75, 3.05) is 11.9 Å². The van der Waals surface area contributed by atoms with Crippen LogP contribution in [-0.2, 0) is 10.8 Å². The van der Waals surface area contributed by atoms with Gasteiger partial charge < -0.3 is 9.74 Å². The molecule has 114 valence electrons. The maximum Gasteiger partial charge on any atom is 0.192 e. The fourth-order valence-electron chi connectivity index (χ4n) is 1.64. The molecule has 0 aliphatic rings. The van der Waals surface area contributed by atoms with Crippen molar-refractivity contribution in [3.05, 3.63) is 24.0 Å². The van der Waals surface area contributed by atoms with Gasteiger partial charge in [0.05, 0.1) is 12.3 Å². The monoisotopic (exact) mass is 294 g/mol. The van der Waals surface area contributed by atoms with Gasteiger partial charge in [0.1, 0.15) is 0 Å². The molecule has 0 saturated heterocycles. The van der Waals surface area contributed by atoms with E-state index in [0.717, 1.165) is 18.7 Å². The Morgan fingerprint density at radius 1 is 1.30 bits per heavy atom. The number of hydrogen-bond acceptors (Lipinski definition) is 3. The van der Waals surface area contributed by atoms with E-state index in [2.05, 4.69) is 64.1 Å². The van der Waals surface area contributed by atoms with E-state index in [1.165, 1.54) is 5.56 Å². The van der Waals surface area contributed by atoms with Crippen LogP contribution in [0.15, 0.2) is 18.5 Å². The number of nitrogens with one attached hydrogen (secondary N) is 1. The van der Waals surface area contributed by atoms with E-state index in [0.29, 0.717) is 0 Å². The van der Waals surface area contributed by atoms with Crippen LogP contribution in [0.25, 0.3) is 0 Å². The minimum absolute atomic E-state index is 0.260. The Morgan fingerprint density at radius 2 is 1.95 bits per heavy atom. The summed E-state index contributed by atoms with van der Waals surface area (Å²) in [7, 11) is -1.66. The molecule has 1 heterocycles. The smallest absolute Gasteiger partial charge is 0.192 e. The highest BCUT2D eigenvalue weighted by Crippen LogP contribution is 2.36. The number of pyridine rings is 1. The van der Waals surface area contributed by atoms with E-state index in [1.807, 2.05) is 12.4 Å². The molecule has 20 heavy (non-hydrogen) atoms. The van der Waals surface area contributed by atoms with Gasteiger partial charge in [-0.25, -0.2) is 0 Å². The summed E-state index contributed by atoms with van der Waals surface area (Å²) >= 11 is 0. The highest BCUT2D eigenvalue weighted by molar-refractivity contribution is 6.74. The quantitative estimate of drug-likeness (QED) is 0.786. The first kappa shape index (κ1) is 17.2. The van der Waals surface area contributed by atoms with Crippen LogP contribution in [0.1, 0.15) is 40.2 Å². The largest absolute Gasteiger partial charge is 0.415 e. The van der Waals surface area contributed by atoms with Crippen LogP contribution in [0.5, 0.6) is 0 Å². The van der Waals surface area contributed by atoms with Gasteiger partial charge in [-0.15, -0.1) is 0 Å². The highest BCUT2D eigenvalue weighted by Gasteiger charge is 2.37. The third kappa shape index (κ3) is 4.91. The fourth-order valence-corrected chi connectivity index (χ4v) is 2.74. The van der Waals surface area contributed by atoms with Crippen molar-refractivity contribution in [3.63, 3.8) is 0 Å². The molecule has 0 saturated carbocycles. The van der Waals surface area contributed by atoms with Crippen molar-refractivity contribution in [2.45, 2.75) is 65.2 Å². The Bertz CT molecular complexity index is 427. The molecule has 0 bridgehead atoms. The average molecular weight is 295 g/mol. The summed E-state index contributed by atoms with van der Waals surface area (Å²) in [4.78, 5) is 4.26. The summed E-state index contributed by atoms with van der Waals surface area (Å²) in [6.45, 7) is 16.4. The van der Waals surface area contributed by atoms with E-state index in [9.17, 15) is 0 Å². The topological polar surface area (TPSA) is 34.2 Å². The molecule has 1 rings (SSSR count). The summed E-state index contributed by atoms with van der Waals surface area (Å²) < 4.78 is 6.24. The van der Waals surface area contributed by atoms with Crippen LogP contribution in [0, 0.1) is 0 Å². The van der Waals surface area contributed by atoms with Crippen LogP contribution in [0.3, 0.4) is 0 Å². The highest BCUT2D eigenvalue weighted by atomic mass is 28.4. The summed E-state index contributed by atoms with van der Waals surface area (Å²) in [5.41, 5.74) is 2.34. The van der Waals surface area contributed by atoms with Gasteiger partial charge in [0.2, 0.25) is 0 Å². The second kappa shape index (κ2) is 6.72. The molecule has 1 aromatic heterocycles. The van der Waals surface area contributed by atoms with Gasteiger partial charge in [-0.1, -0.05) is 27.7 Å². The Labute approximate surface area is 125 Å². The Balaban J connectivity index is 2.53.